The molecular weight excluding hydrogens is 348 g/mol. The second-order valence-electron chi connectivity index (χ2n) is 7.10. The average molecular weight is 369 g/mol. The number of carbonyl (C=O) groups excluding carboxylic acids is 1. The van der Waals surface area contributed by atoms with Gasteiger partial charge in [0, 0.05) is 54.3 Å². The molecule has 140 valence electrons. The van der Waals surface area contributed by atoms with Crippen molar-refractivity contribution in [3.63, 3.8) is 0 Å². The topological polar surface area (TPSA) is 46.1 Å². The summed E-state index contributed by atoms with van der Waals surface area (Å²) in [7, 11) is 1.96. The predicted molar refractivity (Wildman–Crippen MR) is 102 cm³/mol. The van der Waals surface area contributed by atoms with Crippen molar-refractivity contribution in [1.82, 2.24) is 9.88 Å². The van der Waals surface area contributed by atoms with Crippen molar-refractivity contribution in [3.05, 3.63) is 65.4 Å². The van der Waals surface area contributed by atoms with Crippen LogP contribution in [0.15, 0.2) is 42.5 Å². The zero-order chi connectivity index (χ0) is 19.1. The number of nitrogens with one attached hydrogen (secondary N) is 2. The van der Waals surface area contributed by atoms with Crippen molar-refractivity contribution in [2.45, 2.75) is 19.4 Å². The molecule has 3 aromatic rings. The molecule has 1 aromatic heterocycles. The zero-order valence-electron chi connectivity index (χ0n) is 15.2. The average Bonchev–Trinajstić information content (AvgIpc) is 2.95. The number of nitrogens with zero attached hydrogens (tertiary/aromatic N) is 1. The summed E-state index contributed by atoms with van der Waals surface area (Å²) in [4.78, 5) is 12.8. The highest BCUT2D eigenvalue weighted by Crippen LogP contribution is 2.38. The van der Waals surface area contributed by atoms with Crippen molar-refractivity contribution in [3.8, 4) is 0 Å². The second kappa shape index (κ2) is 6.78. The molecule has 2 N–H and O–H groups in total. The van der Waals surface area contributed by atoms with Crippen LogP contribution in [-0.2, 0) is 18.4 Å². The standard InChI is InChI=1S/C21H21F2N3O/c1-12(21(27)25-15-6-3-13(22)4-7-15)17-10-24-11-19-20(17)16-9-14(23)5-8-18(16)26(19)2/h3-9,12,17,24H,10-11H2,1-2H3,(H,25,27). The Morgan fingerprint density at radius 1 is 1.19 bits per heavy atom. The van der Waals surface area contributed by atoms with Crippen LogP contribution in [0.5, 0.6) is 0 Å². The van der Waals surface area contributed by atoms with E-state index < -0.39 is 0 Å². The minimum Gasteiger partial charge on any atom is -0.346 e. The number of aryl methyl sites for hydroxylation is 1. The van der Waals surface area contributed by atoms with Gasteiger partial charge in [-0.2, -0.15) is 0 Å². The van der Waals surface area contributed by atoms with Gasteiger partial charge in [0.05, 0.1) is 0 Å². The summed E-state index contributed by atoms with van der Waals surface area (Å²) in [5, 5.41) is 7.08. The Bertz CT molecular complexity index is 1010. The Hall–Kier alpha value is -2.73. The summed E-state index contributed by atoms with van der Waals surface area (Å²) in [6.07, 6.45) is 0. The summed E-state index contributed by atoms with van der Waals surface area (Å²) in [6, 6.07) is 10.5. The van der Waals surface area contributed by atoms with Crippen LogP contribution in [0, 0.1) is 17.6 Å². The van der Waals surface area contributed by atoms with Crippen LogP contribution in [0.2, 0.25) is 0 Å². The van der Waals surface area contributed by atoms with Crippen LogP contribution in [0.25, 0.3) is 10.9 Å². The first-order chi connectivity index (χ1) is 13.0. The van der Waals surface area contributed by atoms with Gasteiger partial charge in [-0.15, -0.1) is 0 Å². The molecule has 0 aliphatic carbocycles. The third-order valence-corrected chi connectivity index (χ3v) is 5.48. The molecule has 0 fully saturated rings. The van der Waals surface area contributed by atoms with Crippen molar-refractivity contribution < 1.29 is 13.6 Å². The van der Waals surface area contributed by atoms with Gasteiger partial charge in [0.15, 0.2) is 0 Å². The highest BCUT2D eigenvalue weighted by molar-refractivity contribution is 5.94. The summed E-state index contributed by atoms with van der Waals surface area (Å²) in [5.41, 5.74) is 3.63. The summed E-state index contributed by atoms with van der Waals surface area (Å²) in [6.45, 7) is 3.20. The first kappa shape index (κ1) is 17.7. The number of hydrogen-bond acceptors (Lipinski definition) is 2. The minimum absolute atomic E-state index is 0.0836. The van der Waals surface area contributed by atoms with E-state index in [4.69, 9.17) is 0 Å². The predicted octanol–water partition coefficient (Wildman–Crippen LogP) is 3.92. The second-order valence-corrected chi connectivity index (χ2v) is 7.10. The normalized spacial score (nSPS) is 17.6. The van der Waals surface area contributed by atoms with Gasteiger partial charge in [-0.1, -0.05) is 6.92 Å². The molecular formula is C21H21F2N3O. The Morgan fingerprint density at radius 2 is 1.89 bits per heavy atom. The molecule has 2 aromatic carbocycles. The van der Waals surface area contributed by atoms with Crippen molar-refractivity contribution in [2.75, 3.05) is 11.9 Å². The molecule has 0 spiro atoms. The Kier molecular flexibility index (Phi) is 4.44. The van der Waals surface area contributed by atoms with Gasteiger partial charge in [0.2, 0.25) is 5.91 Å². The lowest BCUT2D eigenvalue weighted by Crippen LogP contribution is -2.36. The lowest BCUT2D eigenvalue weighted by atomic mass is 9.82. The van der Waals surface area contributed by atoms with Gasteiger partial charge in [-0.05, 0) is 48.0 Å². The van der Waals surface area contributed by atoms with E-state index >= 15 is 0 Å². The number of amides is 1. The molecule has 0 saturated carbocycles. The van der Waals surface area contributed by atoms with Gasteiger partial charge in [-0.25, -0.2) is 8.78 Å². The van der Waals surface area contributed by atoms with E-state index in [0.29, 0.717) is 18.8 Å². The maximum absolute atomic E-state index is 13.9. The van der Waals surface area contributed by atoms with E-state index in [1.165, 1.54) is 30.3 Å². The molecule has 1 aliphatic heterocycles. The monoisotopic (exact) mass is 369 g/mol. The molecule has 0 radical (unpaired) electrons. The van der Waals surface area contributed by atoms with Crippen LogP contribution < -0.4 is 10.6 Å². The highest BCUT2D eigenvalue weighted by atomic mass is 19.1. The lowest BCUT2D eigenvalue weighted by Gasteiger charge is -2.29. The SMILES string of the molecule is CC(C(=O)Nc1ccc(F)cc1)C1CNCc2c1c1cc(F)ccc1n2C. The molecule has 27 heavy (non-hydrogen) atoms. The van der Waals surface area contributed by atoms with Gasteiger partial charge in [0.25, 0.3) is 0 Å². The first-order valence-electron chi connectivity index (χ1n) is 8.99. The van der Waals surface area contributed by atoms with E-state index in [0.717, 1.165) is 22.2 Å². The molecule has 4 rings (SSSR count). The maximum atomic E-state index is 13.9. The largest absolute Gasteiger partial charge is 0.346 e. The third kappa shape index (κ3) is 3.10. The number of carbonyl (C=O) groups is 1. The van der Waals surface area contributed by atoms with Gasteiger partial charge < -0.3 is 15.2 Å². The van der Waals surface area contributed by atoms with Crippen molar-refractivity contribution in [2.24, 2.45) is 13.0 Å². The van der Waals surface area contributed by atoms with Gasteiger partial charge >= 0.3 is 0 Å². The number of hydrogen-bond donors (Lipinski definition) is 2. The van der Waals surface area contributed by atoms with E-state index in [2.05, 4.69) is 15.2 Å². The quantitative estimate of drug-likeness (QED) is 0.735. The molecule has 2 heterocycles. The lowest BCUT2D eigenvalue weighted by molar-refractivity contribution is -0.120. The third-order valence-electron chi connectivity index (χ3n) is 5.48. The van der Waals surface area contributed by atoms with E-state index in [1.807, 2.05) is 14.0 Å². The summed E-state index contributed by atoms with van der Waals surface area (Å²) in [5.74, 6) is -1.19. The molecule has 2 atom stereocenters. The molecule has 0 bridgehead atoms. The Labute approximate surface area is 156 Å². The van der Waals surface area contributed by atoms with Crippen molar-refractivity contribution >= 4 is 22.5 Å². The molecule has 0 saturated heterocycles. The number of anilines is 1. The number of aromatic nitrogens is 1. The molecule has 4 nitrogen and oxygen atoms in total. The van der Waals surface area contributed by atoms with Crippen LogP contribution in [0.4, 0.5) is 14.5 Å². The number of benzene rings is 2. The Balaban J connectivity index is 1.68. The van der Waals surface area contributed by atoms with Gasteiger partial charge in [0.1, 0.15) is 11.6 Å². The van der Waals surface area contributed by atoms with E-state index in [1.54, 1.807) is 12.1 Å². The van der Waals surface area contributed by atoms with Crippen molar-refractivity contribution in [1.29, 1.82) is 0 Å². The number of halogens is 2. The number of fused-ring (bicyclic) bond motifs is 3. The zero-order valence-corrected chi connectivity index (χ0v) is 15.2. The minimum atomic E-state index is -0.347. The van der Waals surface area contributed by atoms with Crippen LogP contribution >= 0.6 is 0 Å². The van der Waals surface area contributed by atoms with E-state index in [-0.39, 0.29) is 29.4 Å². The first-order valence-corrected chi connectivity index (χ1v) is 8.99. The fourth-order valence-corrected chi connectivity index (χ4v) is 3.97. The molecule has 1 aliphatic rings. The van der Waals surface area contributed by atoms with Crippen LogP contribution in [0.3, 0.4) is 0 Å². The summed E-state index contributed by atoms with van der Waals surface area (Å²) < 4.78 is 29.0. The Morgan fingerprint density at radius 3 is 2.63 bits per heavy atom. The fourth-order valence-electron chi connectivity index (χ4n) is 3.97. The smallest absolute Gasteiger partial charge is 0.227 e. The van der Waals surface area contributed by atoms with Crippen LogP contribution in [-0.4, -0.2) is 17.0 Å². The molecule has 2 unspecified atom stereocenters. The number of rotatable bonds is 3. The molecule has 6 heteroatoms. The maximum Gasteiger partial charge on any atom is 0.227 e. The van der Waals surface area contributed by atoms with E-state index in [9.17, 15) is 13.6 Å². The molecule has 1 amide bonds. The summed E-state index contributed by atoms with van der Waals surface area (Å²) >= 11 is 0. The van der Waals surface area contributed by atoms with Crippen LogP contribution in [0.1, 0.15) is 24.1 Å². The van der Waals surface area contributed by atoms with Gasteiger partial charge in [-0.3, -0.25) is 4.79 Å². The fraction of sp³-hybridized carbons (Fsp3) is 0.286. The highest BCUT2D eigenvalue weighted by Gasteiger charge is 2.33.